The molecule has 126 valence electrons. The number of rotatable bonds is 5. The first-order chi connectivity index (χ1) is 11.7. The zero-order chi connectivity index (χ0) is 16.8. The van der Waals surface area contributed by atoms with Gasteiger partial charge in [-0.2, -0.15) is 0 Å². The Balaban J connectivity index is 1.64. The maximum absolute atomic E-state index is 13.3. The summed E-state index contributed by atoms with van der Waals surface area (Å²) in [6, 6.07) is 9.35. The zero-order valence-electron chi connectivity index (χ0n) is 13.3. The lowest BCUT2D eigenvalue weighted by Gasteiger charge is -2.22. The fourth-order valence-electron chi connectivity index (χ4n) is 2.67. The van der Waals surface area contributed by atoms with Gasteiger partial charge in [0.05, 0.1) is 6.04 Å². The van der Waals surface area contributed by atoms with Crippen LogP contribution in [0.4, 0.5) is 4.39 Å². The van der Waals surface area contributed by atoms with Crippen molar-refractivity contribution in [2.75, 3.05) is 6.54 Å². The van der Waals surface area contributed by atoms with Crippen molar-refractivity contribution in [3.8, 4) is 11.6 Å². The van der Waals surface area contributed by atoms with Gasteiger partial charge < -0.3 is 15.4 Å². The van der Waals surface area contributed by atoms with E-state index in [-0.39, 0.29) is 17.8 Å². The van der Waals surface area contributed by atoms with Crippen molar-refractivity contribution in [2.45, 2.75) is 31.8 Å². The van der Waals surface area contributed by atoms with Crippen molar-refractivity contribution < 1.29 is 13.9 Å². The van der Waals surface area contributed by atoms with Gasteiger partial charge in [0.15, 0.2) is 0 Å². The molecule has 0 spiro atoms. The Morgan fingerprint density at radius 3 is 3.04 bits per heavy atom. The van der Waals surface area contributed by atoms with E-state index in [4.69, 9.17) is 4.74 Å². The van der Waals surface area contributed by atoms with E-state index in [9.17, 15) is 9.18 Å². The second-order valence-electron chi connectivity index (χ2n) is 5.75. The van der Waals surface area contributed by atoms with Gasteiger partial charge in [-0.05, 0) is 37.6 Å². The number of ether oxygens (including phenoxy) is 1. The van der Waals surface area contributed by atoms with Gasteiger partial charge in [0, 0.05) is 24.4 Å². The molecule has 1 aromatic heterocycles. The minimum absolute atomic E-state index is 0.0183. The Morgan fingerprint density at radius 2 is 2.25 bits per heavy atom. The van der Waals surface area contributed by atoms with Crippen molar-refractivity contribution in [1.82, 2.24) is 15.6 Å². The molecule has 1 atom stereocenters. The van der Waals surface area contributed by atoms with Crippen molar-refractivity contribution in [3.05, 3.63) is 54.0 Å². The second-order valence-corrected chi connectivity index (χ2v) is 5.75. The number of nitrogens with zero attached hydrogens (tertiary/aromatic N) is 1. The zero-order valence-corrected chi connectivity index (χ0v) is 13.3. The molecule has 2 N–H and O–H groups in total. The summed E-state index contributed by atoms with van der Waals surface area (Å²) < 4.78 is 18.9. The summed E-state index contributed by atoms with van der Waals surface area (Å²) in [7, 11) is 0. The molecule has 3 rings (SSSR count). The van der Waals surface area contributed by atoms with E-state index in [1.165, 1.54) is 12.1 Å². The van der Waals surface area contributed by atoms with E-state index >= 15 is 0 Å². The highest BCUT2D eigenvalue weighted by molar-refractivity contribution is 5.81. The van der Waals surface area contributed by atoms with Crippen LogP contribution in [0.1, 0.15) is 24.8 Å². The van der Waals surface area contributed by atoms with E-state index in [0.29, 0.717) is 18.2 Å². The molecular weight excluding hydrogens is 309 g/mol. The van der Waals surface area contributed by atoms with E-state index in [2.05, 4.69) is 15.6 Å². The number of carbonyl (C=O) groups is 1. The average Bonchev–Trinajstić information content (AvgIpc) is 2.61. The molecule has 1 aliphatic rings. The summed E-state index contributed by atoms with van der Waals surface area (Å²) in [5.41, 5.74) is 0.742. The lowest BCUT2D eigenvalue weighted by Crippen LogP contribution is -2.46. The third-order valence-electron chi connectivity index (χ3n) is 3.94. The van der Waals surface area contributed by atoms with Crippen LogP contribution in [-0.2, 0) is 11.3 Å². The highest BCUT2D eigenvalue weighted by Gasteiger charge is 2.20. The van der Waals surface area contributed by atoms with Crippen LogP contribution in [0.15, 0.2) is 42.6 Å². The third kappa shape index (κ3) is 4.29. The third-order valence-corrected chi connectivity index (χ3v) is 3.94. The molecule has 2 heterocycles. The molecule has 1 unspecified atom stereocenters. The van der Waals surface area contributed by atoms with Crippen molar-refractivity contribution in [3.63, 3.8) is 0 Å². The van der Waals surface area contributed by atoms with Gasteiger partial charge >= 0.3 is 0 Å². The summed E-state index contributed by atoms with van der Waals surface area (Å²) >= 11 is 0. The Kier molecular flexibility index (Phi) is 5.38. The molecule has 1 fully saturated rings. The Morgan fingerprint density at radius 1 is 1.33 bits per heavy atom. The van der Waals surface area contributed by atoms with Crippen LogP contribution in [-0.4, -0.2) is 23.5 Å². The van der Waals surface area contributed by atoms with Crippen molar-refractivity contribution in [2.24, 2.45) is 0 Å². The monoisotopic (exact) mass is 329 g/mol. The Hall–Kier alpha value is -2.47. The maximum Gasteiger partial charge on any atom is 0.237 e. The molecule has 6 heteroatoms. The van der Waals surface area contributed by atoms with Crippen molar-refractivity contribution >= 4 is 5.91 Å². The number of hydrogen-bond acceptors (Lipinski definition) is 4. The Bertz CT molecular complexity index is 702. The van der Waals surface area contributed by atoms with Gasteiger partial charge in [0.25, 0.3) is 0 Å². The molecular formula is C18H20FN3O2. The lowest BCUT2D eigenvalue weighted by atomic mass is 10.0. The second kappa shape index (κ2) is 7.88. The molecule has 5 nitrogen and oxygen atoms in total. The summed E-state index contributed by atoms with van der Waals surface area (Å²) in [6.07, 6.45) is 4.62. The fraction of sp³-hybridized carbons (Fsp3) is 0.333. The minimum atomic E-state index is -0.373. The molecule has 1 amide bonds. The SMILES string of the molecule is O=C(NCc1cccnc1Oc1cccc(F)c1)C1CCCCN1. The van der Waals surface area contributed by atoms with Crippen LogP contribution in [0.25, 0.3) is 0 Å². The van der Waals surface area contributed by atoms with Gasteiger partial charge in [0.2, 0.25) is 11.8 Å². The molecule has 1 aromatic carbocycles. The number of aromatic nitrogens is 1. The normalized spacial score (nSPS) is 17.3. The van der Waals surface area contributed by atoms with E-state index in [1.807, 2.05) is 6.07 Å². The van der Waals surface area contributed by atoms with Crippen molar-refractivity contribution in [1.29, 1.82) is 0 Å². The van der Waals surface area contributed by atoms with Gasteiger partial charge in [-0.15, -0.1) is 0 Å². The predicted molar refractivity (Wildman–Crippen MR) is 88.2 cm³/mol. The van der Waals surface area contributed by atoms with Gasteiger partial charge in [-0.1, -0.05) is 18.6 Å². The van der Waals surface area contributed by atoms with Gasteiger partial charge in [-0.25, -0.2) is 9.37 Å². The predicted octanol–water partition coefficient (Wildman–Crippen LogP) is 2.77. The molecule has 24 heavy (non-hydrogen) atoms. The largest absolute Gasteiger partial charge is 0.439 e. The number of carbonyl (C=O) groups excluding carboxylic acids is 1. The maximum atomic E-state index is 13.3. The van der Waals surface area contributed by atoms with Crippen LogP contribution < -0.4 is 15.4 Å². The first-order valence-electron chi connectivity index (χ1n) is 8.11. The highest BCUT2D eigenvalue weighted by atomic mass is 19.1. The van der Waals surface area contributed by atoms with Crippen LogP contribution in [0.3, 0.4) is 0 Å². The standard InChI is InChI=1S/C18H20FN3O2/c19-14-6-3-7-15(11-14)24-18-13(5-4-10-21-18)12-22-17(23)16-8-1-2-9-20-16/h3-7,10-11,16,20H,1-2,8-9,12H2,(H,22,23). The quantitative estimate of drug-likeness (QED) is 0.885. The van der Waals surface area contributed by atoms with Gasteiger partial charge in [0.1, 0.15) is 11.6 Å². The highest BCUT2D eigenvalue weighted by Crippen LogP contribution is 2.23. The molecule has 2 aromatic rings. The number of piperidine rings is 1. The van der Waals surface area contributed by atoms with Gasteiger partial charge in [-0.3, -0.25) is 4.79 Å². The number of hydrogen-bond donors (Lipinski definition) is 2. The fourth-order valence-corrected chi connectivity index (χ4v) is 2.67. The molecule has 0 radical (unpaired) electrons. The number of benzene rings is 1. The van der Waals surface area contributed by atoms with Crippen LogP contribution in [0.5, 0.6) is 11.6 Å². The summed E-state index contributed by atoms with van der Waals surface area (Å²) in [4.78, 5) is 16.4. The van der Waals surface area contributed by atoms with E-state index in [0.717, 1.165) is 31.4 Å². The van der Waals surface area contributed by atoms with Crippen LogP contribution >= 0.6 is 0 Å². The molecule has 1 aliphatic heterocycles. The molecule has 0 saturated carbocycles. The molecule has 1 saturated heterocycles. The summed E-state index contributed by atoms with van der Waals surface area (Å²) in [6.45, 7) is 1.19. The lowest BCUT2D eigenvalue weighted by molar-refractivity contribution is -0.123. The Labute approximate surface area is 140 Å². The molecule has 0 aliphatic carbocycles. The van der Waals surface area contributed by atoms with E-state index in [1.54, 1.807) is 24.4 Å². The number of halogens is 1. The molecule has 0 bridgehead atoms. The first-order valence-corrected chi connectivity index (χ1v) is 8.11. The first kappa shape index (κ1) is 16.4. The summed E-state index contributed by atoms with van der Waals surface area (Å²) in [5, 5.41) is 6.13. The van der Waals surface area contributed by atoms with E-state index < -0.39 is 0 Å². The number of nitrogens with one attached hydrogen (secondary N) is 2. The number of amides is 1. The van der Waals surface area contributed by atoms with Crippen LogP contribution in [0.2, 0.25) is 0 Å². The number of pyridine rings is 1. The average molecular weight is 329 g/mol. The topological polar surface area (TPSA) is 63.2 Å². The van der Waals surface area contributed by atoms with Crippen LogP contribution in [0, 0.1) is 5.82 Å². The smallest absolute Gasteiger partial charge is 0.237 e. The summed E-state index contributed by atoms with van der Waals surface area (Å²) in [5.74, 6) is 0.340. The minimum Gasteiger partial charge on any atom is -0.439 e.